The molecule has 0 saturated heterocycles. The smallest absolute Gasteiger partial charge is 0.136 e. The Balaban J connectivity index is 3.07. The number of nitriles is 1. The highest BCUT2D eigenvalue weighted by Gasteiger charge is 2.04. The summed E-state index contributed by atoms with van der Waals surface area (Å²) in [5, 5.41) is 18.1. The highest BCUT2D eigenvalue weighted by Crippen LogP contribution is 2.22. The van der Waals surface area contributed by atoms with Crippen molar-refractivity contribution in [1.82, 2.24) is 0 Å². The Hall–Kier alpha value is -1.49. The Kier molecular flexibility index (Phi) is 2.71. The minimum absolute atomic E-state index is 0.141. The summed E-state index contributed by atoms with van der Waals surface area (Å²) >= 11 is 0. The van der Waals surface area contributed by atoms with Crippen LogP contribution < -0.4 is 0 Å². The Morgan fingerprint density at radius 3 is 2.83 bits per heavy atom. The molecule has 0 spiro atoms. The molecular weight excluding hydrogens is 150 g/mol. The van der Waals surface area contributed by atoms with Crippen molar-refractivity contribution in [3.05, 3.63) is 29.3 Å². The molecule has 1 aromatic rings. The van der Waals surface area contributed by atoms with E-state index in [4.69, 9.17) is 5.26 Å². The average molecular weight is 161 g/mol. The fraction of sp³-hybridized carbons (Fsp3) is 0.300. The Labute approximate surface area is 72.1 Å². The molecule has 1 rings (SSSR count). The molecule has 0 aliphatic carbocycles. The summed E-state index contributed by atoms with van der Waals surface area (Å²) in [5.41, 5.74) is 1.22. The molecular formula is C10H11NO. The fourth-order valence-electron chi connectivity index (χ4n) is 1.15. The molecule has 0 heterocycles. The summed E-state index contributed by atoms with van der Waals surface area (Å²) in [6.45, 7) is 2.04. The fourth-order valence-corrected chi connectivity index (χ4v) is 1.15. The van der Waals surface area contributed by atoms with Crippen LogP contribution in [0.3, 0.4) is 0 Å². The van der Waals surface area contributed by atoms with E-state index in [2.05, 4.69) is 0 Å². The molecule has 0 amide bonds. The highest BCUT2D eigenvalue weighted by molar-refractivity contribution is 5.47. The lowest BCUT2D eigenvalue weighted by molar-refractivity contribution is 0.466. The predicted molar refractivity (Wildman–Crippen MR) is 46.8 cm³/mol. The number of phenols is 1. The summed E-state index contributed by atoms with van der Waals surface area (Å²) in [6, 6.07) is 7.21. The molecule has 62 valence electrons. The lowest BCUT2D eigenvalue weighted by Crippen LogP contribution is -1.86. The van der Waals surface area contributed by atoms with E-state index in [0.29, 0.717) is 5.56 Å². The van der Waals surface area contributed by atoms with Crippen LogP contribution in [0.25, 0.3) is 0 Å². The van der Waals surface area contributed by atoms with Crippen LogP contribution >= 0.6 is 0 Å². The van der Waals surface area contributed by atoms with Crippen LogP contribution in [0.15, 0.2) is 18.2 Å². The first kappa shape index (κ1) is 8.61. The zero-order chi connectivity index (χ0) is 8.97. The van der Waals surface area contributed by atoms with E-state index in [1.54, 1.807) is 12.1 Å². The summed E-state index contributed by atoms with van der Waals surface area (Å²) in [7, 11) is 0. The van der Waals surface area contributed by atoms with E-state index in [0.717, 1.165) is 18.4 Å². The van der Waals surface area contributed by atoms with Gasteiger partial charge in [0.25, 0.3) is 0 Å². The van der Waals surface area contributed by atoms with E-state index in [1.807, 2.05) is 19.1 Å². The van der Waals surface area contributed by atoms with Gasteiger partial charge in [-0.3, -0.25) is 0 Å². The normalized spacial score (nSPS) is 9.33. The SMILES string of the molecule is CCCc1cccc(C#N)c1O. The number of aryl methyl sites for hydroxylation is 1. The van der Waals surface area contributed by atoms with E-state index in [-0.39, 0.29) is 5.75 Å². The number of nitrogens with zero attached hydrogens (tertiary/aromatic N) is 1. The van der Waals surface area contributed by atoms with Gasteiger partial charge in [-0.1, -0.05) is 25.5 Å². The summed E-state index contributed by atoms with van der Waals surface area (Å²) < 4.78 is 0. The van der Waals surface area contributed by atoms with Gasteiger partial charge in [-0.15, -0.1) is 0 Å². The zero-order valence-corrected chi connectivity index (χ0v) is 7.04. The maximum atomic E-state index is 9.50. The number of phenolic OH excluding ortho intramolecular Hbond substituents is 1. The summed E-state index contributed by atoms with van der Waals surface area (Å²) in [5.74, 6) is 0.141. The predicted octanol–water partition coefficient (Wildman–Crippen LogP) is 2.22. The molecule has 0 aliphatic rings. The standard InChI is InChI=1S/C10H11NO/c1-2-4-8-5-3-6-9(7-11)10(8)12/h3,5-6,12H,2,4H2,1H3. The van der Waals surface area contributed by atoms with Crippen LogP contribution in [0.5, 0.6) is 5.75 Å². The van der Waals surface area contributed by atoms with E-state index in [9.17, 15) is 5.11 Å². The molecule has 2 heteroatoms. The molecule has 0 fully saturated rings. The Morgan fingerprint density at radius 2 is 2.25 bits per heavy atom. The summed E-state index contributed by atoms with van der Waals surface area (Å²) in [6.07, 6.45) is 1.80. The molecule has 0 atom stereocenters. The van der Waals surface area contributed by atoms with Gasteiger partial charge in [0.2, 0.25) is 0 Å². The minimum atomic E-state index is 0.141. The second kappa shape index (κ2) is 3.77. The molecule has 0 saturated carbocycles. The van der Waals surface area contributed by atoms with Crippen molar-refractivity contribution in [3.8, 4) is 11.8 Å². The lowest BCUT2D eigenvalue weighted by Gasteiger charge is -2.02. The van der Waals surface area contributed by atoms with E-state index >= 15 is 0 Å². The van der Waals surface area contributed by atoms with Gasteiger partial charge < -0.3 is 5.11 Å². The van der Waals surface area contributed by atoms with Crippen molar-refractivity contribution >= 4 is 0 Å². The van der Waals surface area contributed by atoms with Gasteiger partial charge in [0.05, 0.1) is 5.56 Å². The van der Waals surface area contributed by atoms with Crippen molar-refractivity contribution in [2.75, 3.05) is 0 Å². The maximum absolute atomic E-state index is 9.50. The van der Waals surface area contributed by atoms with Gasteiger partial charge in [-0.05, 0) is 18.1 Å². The average Bonchev–Trinajstić information content (AvgIpc) is 2.09. The molecule has 0 aromatic heterocycles. The topological polar surface area (TPSA) is 44.0 Å². The highest BCUT2D eigenvalue weighted by atomic mass is 16.3. The van der Waals surface area contributed by atoms with Crippen LogP contribution in [0.4, 0.5) is 0 Å². The first-order valence-corrected chi connectivity index (χ1v) is 4.00. The lowest BCUT2D eigenvalue weighted by atomic mass is 10.1. The van der Waals surface area contributed by atoms with Gasteiger partial charge in [0, 0.05) is 0 Å². The first-order valence-electron chi connectivity index (χ1n) is 4.00. The van der Waals surface area contributed by atoms with Crippen molar-refractivity contribution in [2.24, 2.45) is 0 Å². The van der Waals surface area contributed by atoms with Crippen LogP contribution in [-0.2, 0) is 6.42 Å². The van der Waals surface area contributed by atoms with Gasteiger partial charge >= 0.3 is 0 Å². The van der Waals surface area contributed by atoms with Gasteiger partial charge in [0.1, 0.15) is 11.8 Å². The number of para-hydroxylation sites is 1. The Bertz CT molecular complexity index is 312. The minimum Gasteiger partial charge on any atom is -0.506 e. The maximum Gasteiger partial charge on any atom is 0.136 e. The van der Waals surface area contributed by atoms with Gasteiger partial charge in [-0.25, -0.2) is 0 Å². The van der Waals surface area contributed by atoms with Crippen molar-refractivity contribution < 1.29 is 5.11 Å². The number of benzene rings is 1. The number of hydrogen-bond donors (Lipinski definition) is 1. The quantitative estimate of drug-likeness (QED) is 0.722. The second-order valence-electron chi connectivity index (χ2n) is 2.68. The second-order valence-corrected chi connectivity index (χ2v) is 2.68. The van der Waals surface area contributed by atoms with Crippen LogP contribution in [0.1, 0.15) is 24.5 Å². The summed E-state index contributed by atoms with van der Waals surface area (Å²) in [4.78, 5) is 0. The molecule has 1 aromatic carbocycles. The monoisotopic (exact) mass is 161 g/mol. The Morgan fingerprint density at radius 1 is 1.50 bits per heavy atom. The molecule has 2 nitrogen and oxygen atoms in total. The van der Waals surface area contributed by atoms with E-state index < -0.39 is 0 Å². The number of aromatic hydroxyl groups is 1. The van der Waals surface area contributed by atoms with Crippen LogP contribution in [0, 0.1) is 11.3 Å². The largest absolute Gasteiger partial charge is 0.506 e. The third-order valence-corrected chi connectivity index (χ3v) is 1.76. The number of rotatable bonds is 2. The zero-order valence-electron chi connectivity index (χ0n) is 7.04. The molecule has 0 unspecified atom stereocenters. The van der Waals surface area contributed by atoms with Crippen LogP contribution in [0.2, 0.25) is 0 Å². The third kappa shape index (κ3) is 1.57. The van der Waals surface area contributed by atoms with Gasteiger partial charge in [-0.2, -0.15) is 5.26 Å². The molecule has 1 N–H and O–H groups in total. The first-order chi connectivity index (χ1) is 5.79. The molecule has 12 heavy (non-hydrogen) atoms. The molecule has 0 bridgehead atoms. The van der Waals surface area contributed by atoms with Crippen molar-refractivity contribution in [3.63, 3.8) is 0 Å². The number of hydrogen-bond acceptors (Lipinski definition) is 2. The molecule has 0 radical (unpaired) electrons. The molecule has 0 aliphatic heterocycles. The van der Waals surface area contributed by atoms with Crippen LogP contribution in [-0.4, -0.2) is 5.11 Å². The van der Waals surface area contributed by atoms with E-state index in [1.165, 1.54) is 0 Å². The van der Waals surface area contributed by atoms with Crippen molar-refractivity contribution in [1.29, 1.82) is 5.26 Å². The third-order valence-electron chi connectivity index (χ3n) is 1.76. The van der Waals surface area contributed by atoms with Gasteiger partial charge in [0.15, 0.2) is 0 Å². The van der Waals surface area contributed by atoms with Crippen molar-refractivity contribution in [2.45, 2.75) is 19.8 Å².